The van der Waals surface area contributed by atoms with Gasteiger partial charge in [0.1, 0.15) is 5.70 Å². The summed E-state index contributed by atoms with van der Waals surface area (Å²) < 4.78 is 0. The van der Waals surface area contributed by atoms with Crippen molar-refractivity contribution in [3.8, 4) is 0 Å². The number of nitrogens with one attached hydrogen (secondary N) is 2. The van der Waals surface area contributed by atoms with Gasteiger partial charge in [-0.15, -0.1) is 0 Å². The van der Waals surface area contributed by atoms with Gasteiger partial charge in [-0.25, -0.2) is 9.80 Å². The molecule has 5 heteroatoms. The molecule has 0 spiro atoms. The lowest BCUT2D eigenvalue weighted by molar-refractivity contribution is 0.481. The van der Waals surface area contributed by atoms with Crippen LogP contribution in [0.2, 0.25) is 0 Å². The molecule has 1 aliphatic rings. The second-order valence-electron chi connectivity index (χ2n) is 1.70. The number of guanidine groups is 1. The predicted molar refractivity (Wildman–Crippen MR) is 35.2 cm³/mol. The van der Waals surface area contributed by atoms with E-state index >= 15 is 0 Å². The lowest BCUT2D eigenvalue weighted by Gasteiger charge is -2.12. The van der Waals surface area contributed by atoms with Gasteiger partial charge >= 0.3 is 0 Å². The van der Waals surface area contributed by atoms with Crippen molar-refractivity contribution in [2.24, 2.45) is 5.73 Å². The Morgan fingerprint density at radius 3 is 2.90 bits per heavy atom. The molecule has 5 nitrogen and oxygen atoms in total. The molecular formula is C5H6N4O. The molecule has 1 aliphatic heterocycles. The summed E-state index contributed by atoms with van der Waals surface area (Å²) in [7, 11) is 0. The van der Waals surface area contributed by atoms with Gasteiger partial charge in [0.2, 0.25) is 5.96 Å². The van der Waals surface area contributed by atoms with Crippen molar-refractivity contribution in [3.63, 3.8) is 0 Å². The number of nitrogens with two attached hydrogens (primary N) is 1. The monoisotopic (exact) mass is 138 g/mol. The minimum absolute atomic E-state index is 0.165. The second kappa shape index (κ2) is 2.24. The fraction of sp³-hybridized carbons (Fsp3) is 0. The van der Waals surface area contributed by atoms with Crippen molar-refractivity contribution >= 4 is 11.9 Å². The van der Waals surface area contributed by atoms with Crippen LogP contribution in [0.1, 0.15) is 0 Å². The van der Waals surface area contributed by atoms with E-state index in [0.29, 0.717) is 0 Å². The van der Waals surface area contributed by atoms with E-state index in [-0.39, 0.29) is 11.7 Å². The van der Waals surface area contributed by atoms with Crippen molar-refractivity contribution in [2.45, 2.75) is 0 Å². The minimum atomic E-state index is -0.165. The molecule has 0 saturated heterocycles. The largest absolute Gasteiger partial charge is 0.368 e. The minimum Gasteiger partial charge on any atom is -0.368 e. The molecule has 0 unspecified atom stereocenters. The molecule has 0 saturated carbocycles. The van der Waals surface area contributed by atoms with Gasteiger partial charge in [0.25, 0.3) is 0 Å². The standard InChI is InChI=1S/C5H6N4O/c6-5(7)9-2-1-4(3-10)8-9/h1-2,8H,(H3,6,7). The summed E-state index contributed by atoms with van der Waals surface area (Å²) in [5, 5.41) is 8.11. The van der Waals surface area contributed by atoms with Gasteiger partial charge in [0.15, 0.2) is 5.94 Å². The first-order valence-corrected chi connectivity index (χ1v) is 2.57. The fourth-order valence-corrected chi connectivity index (χ4v) is 0.551. The maximum Gasteiger partial charge on any atom is 0.211 e. The van der Waals surface area contributed by atoms with Crippen LogP contribution in [0.3, 0.4) is 0 Å². The molecule has 0 bridgehead atoms. The Hall–Kier alpha value is -1.74. The van der Waals surface area contributed by atoms with Gasteiger partial charge in [-0.1, -0.05) is 0 Å². The zero-order chi connectivity index (χ0) is 7.56. The highest BCUT2D eigenvalue weighted by Gasteiger charge is 2.09. The maximum atomic E-state index is 9.96. The molecule has 4 N–H and O–H groups in total. The zero-order valence-electron chi connectivity index (χ0n) is 5.09. The van der Waals surface area contributed by atoms with E-state index < -0.39 is 0 Å². The van der Waals surface area contributed by atoms with E-state index in [1.165, 1.54) is 17.3 Å². The van der Waals surface area contributed by atoms with Crippen molar-refractivity contribution in [1.82, 2.24) is 10.4 Å². The van der Waals surface area contributed by atoms with Crippen LogP contribution >= 0.6 is 0 Å². The Kier molecular flexibility index (Phi) is 1.43. The summed E-state index contributed by atoms with van der Waals surface area (Å²) in [4.78, 5) is 9.96. The summed E-state index contributed by atoms with van der Waals surface area (Å²) in [6.45, 7) is 0. The Labute approximate surface area is 57.3 Å². The van der Waals surface area contributed by atoms with Gasteiger partial charge < -0.3 is 5.73 Å². The quantitative estimate of drug-likeness (QED) is 0.226. The molecule has 0 radical (unpaired) electrons. The SMILES string of the molecule is N=C(N)N1C=CC(=C=O)N1. The third kappa shape index (κ3) is 0.985. The van der Waals surface area contributed by atoms with Crippen LogP contribution in [-0.2, 0) is 4.79 Å². The number of allylic oxidation sites excluding steroid dienone is 1. The molecule has 0 aliphatic carbocycles. The average Bonchev–Trinajstić information content (AvgIpc) is 2.34. The molecule has 0 aromatic rings. The molecular weight excluding hydrogens is 132 g/mol. The van der Waals surface area contributed by atoms with E-state index in [1.54, 1.807) is 5.94 Å². The van der Waals surface area contributed by atoms with Crippen LogP contribution in [0.4, 0.5) is 0 Å². The van der Waals surface area contributed by atoms with E-state index in [1.807, 2.05) is 0 Å². The van der Waals surface area contributed by atoms with Crippen molar-refractivity contribution in [3.05, 3.63) is 18.0 Å². The summed E-state index contributed by atoms with van der Waals surface area (Å²) in [5.41, 5.74) is 7.85. The predicted octanol–water partition coefficient (Wildman–Crippen LogP) is -1.07. The van der Waals surface area contributed by atoms with Crippen LogP contribution in [-0.4, -0.2) is 16.9 Å². The Bertz CT molecular complexity index is 238. The van der Waals surface area contributed by atoms with Crippen molar-refractivity contribution in [1.29, 1.82) is 5.41 Å². The van der Waals surface area contributed by atoms with E-state index in [9.17, 15) is 4.79 Å². The first-order chi connectivity index (χ1) is 4.74. The Morgan fingerprint density at radius 1 is 1.90 bits per heavy atom. The van der Waals surface area contributed by atoms with Crippen LogP contribution in [0.5, 0.6) is 0 Å². The fourth-order valence-electron chi connectivity index (χ4n) is 0.551. The average molecular weight is 138 g/mol. The molecule has 52 valence electrons. The number of hydrogen-bond acceptors (Lipinski definition) is 3. The lowest BCUT2D eigenvalue weighted by atomic mass is 10.5. The molecule has 0 amide bonds. The third-order valence-corrected chi connectivity index (χ3v) is 1.00. The third-order valence-electron chi connectivity index (χ3n) is 1.00. The highest BCUT2D eigenvalue weighted by atomic mass is 16.1. The molecule has 10 heavy (non-hydrogen) atoms. The van der Waals surface area contributed by atoms with Crippen molar-refractivity contribution in [2.75, 3.05) is 0 Å². The van der Waals surface area contributed by atoms with Gasteiger partial charge in [0.05, 0.1) is 0 Å². The van der Waals surface area contributed by atoms with Crippen LogP contribution in [0.15, 0.2) is 18.0 Å². The highest BCUT2D eigenvalue weighted by molar-refractivity contribution is 5.77. The van der Waals surface area contributed by atoms with Gasteiger partial charge in [-0.05, 0) is 6.08 Å². The zero-order valence-corrected chi connectivity index (χ0v) is 5.09. The van der Waals surface area contributed by atoms with E-state index in [2.05, 4.69) is 5.43 Å². The van der Waals surface area contributed by atoms with Crippen LogP contribution < -0.4 is 11.2 Å². The molecule has 0 atom stereocenters. The second-order valence-corrected chi connectivity index (χ2v) is 1.70. The van der Waals surface area contributed by atoms with Crippen LogP contribution in [0, 0.1) is 5.41 Å². The lowest BCUT2D eigenvalue weighted by Crippen LogP contribution is -2.38. The first kappa shape index (κ1) is 6.38. The summed E-state index contributed by atoms with van der Waals surface area (Å²) in [5.74, 6) is 1.46. The van der Waals surface area contributed by atoms with Gasteiger partial charge in [-0.3, -0.25) is 10.8 Å². The molecule has 0 fully saturated rings. The number of nitrogens with zero attached hydrogens (tertiary/aromatic N) is 1. The van der Waals surface area contributed by atoms with Gasteiger partial charge in [0, 0.05) is 6.20 Å². The first-order valence-electron chi connectivity index (χ1n) is 2.57. The highest BCUT2D eigenvalue weighted by Crippen LogP contribution is 1.99. The molecule has 1 heterocycles. The molecule has 0 aromatic heterocycles. The normalized spacial score (nSPS) is 14.8. The number of rotatable bonds is 0. The topological polar surface area (TPSA) is 82.2 Å². The van der Waals surface area contributed by atoms with Crippen LogP contribution in [0.25, 0.3) is 0 Å². The van der Waals surface area contributed by atoms with E-state index in [4.69, 9.17) is 11.1 Å². The molecule has 1 rings (SSSR count). The number of hydrazine groups is 1. The summed E-state index contributed by atoms with van der Waals surface area (Å²) in [6.07, 6.45) is 2.96. The summed E-state index contributed by atoms with van der Waals surface area (Å²) >= 11 is 0. The van der Waals surface area contributed by atoms with Gasteiger partial charge in [-0.2, -0.15) is 0 Å². The number of carbonyl (C=O) groups excluding carboxylic acids is 1. The smallest absolute Gasteiger partial charge is 0.211 e. The summed E-state index contributed by atoms with van der Waals surface area (Å²) in [6, 6.07) is 0. The molecule has 0 aromatic carbocycles. The van der Waals surface area contributed by atoms with E-state index in [0.717, 1.165) is 0 Å². The van der Waals surface area contributed by atoms with Crippen molar-refractivity contribution < 1.29 is 4.79 Å². The Morgan fingerprint density at radius 2 is 2.60 bits per heavy atom. The Balaban J connectivity index is 2.71. The number of hydrogen-bond donors (Lipinski definition) is 3. The maximum absolute atomic E-state index is 9.96.